The van der Waals surface area contributed by atoms with Gasteiger partial charge in [0.15, 0.2) is 17.3 Å². The van der Waals surface area contributed by atoms with Crippen LogP contribution in [0.1, 0.15) is 28.7 Å². The fourth-order valence-corrected chi connectivity index (χ4v) is 3.49. The highest BCUT2D eigenvalue weighted by Gasteiger charge is 2.30. The van der Waals surface area contributed by atoms with E-state index in [4.69, 9.17) is 9.47 Å². The van der Waals surface area contributed by atoms with Crippen LogP contribution >= 0.6 is 0 Å². The lowest BCUT2D eigenvalue weighted by Gasteiger charge is -2.23. The average Bonchev–Trinajstić information content (AvgIpc) is 2.91. The first kappa shape index (κ1) is 19.4. The molecule has 0 aliphatic carbocycles. The van der Waals surface area contributed by atoms with Crippen LogP contribution in [0.4, 0.5) is 13.2 Å². The van der Waals surface area contributed by atoms with Crippen molar-refractivity contribution in [1.29, 1.82) is 0 Å². The van der Waals surface area contributed by atoms with Gasteiger partial charge in [0.1, 0.15) is 0 Å². The highest BCUT2D eigenvalue weighted by Crippen LogP contribution is 2.36. The highest BCUT2D eigenvalue weighted by atomic mass is 19.4. The number of ether oxygens (including phenoxy) is 2. The zero-order valence-electron chi connectivity index (χ0n) is 15.6. The maximum atomic E-state index is 12.7. The van der Waals surface area contributed by atoms with Gasteiger partial charge in [0.05, 0.1) is 18.8 Å². The molecule has 0 atom stereocenters. The highest BCUT2D eigenvalue weighted by molar-refractivity contribution is 5.98. The number of hydrogen-bond donors (Lipinski definition) is 1. The summed E-state index contributed by atoms with van der Waals surface area (Å²) in [6.45, 7) is 1.87. The van der Waals surface area contributed by atoms with Crippen LogP contribution in [0.5, 0.6) is 11.5 Å². The molecular formula is C22H20F3NO3. The first-order valence-electron chi connectivity index (χ1n) is 9.47. The Bertz CT molecular complexity index is 949. The predicted molar refractivity (Wildman–Crippen MR) is 102 cm³/mol. The first-order chi connectivity index (χ1) is 13.9. The summed E-state index contributed by atoms with van der Waals surface area (Å²) in [7, 11) is 0. The van der Waals surface area contributed by atoms with Gasteiger partial charge in [0, 0.05) is 36.7 Å². The number of hydrogen-bond acceptors (Lipinski definition) is 4. The molecule has 1 N–H and O–H groups in total. The minimum atomic E-state index is -4.38. The molecule has 0 fully saturated rings. The molecule has 2 aliphatic rings. The summed E-state index contributed by atoms with van der Waals surface area (Å²) in [4.78, 5) is 12.5. The minimum absolute atomic E-state index is 0.0310. The van der Waals surface area contributed by atoms with E-state index in [9.17, 15) is 18.0 Å². The van der Waals surface area contributed by atoms with Crippen molar-refractivity contribution in [2.75, 3.05) is 19.8 Å². The van der Waals surface area contributed by atoms with E-state index in [1.165, 1.54) is 18.2 Å². The molecule has 2 aromatic carbocycles. The Hall–Kier alpha value is -2.96. The Kier molecular flexibility index (Phi) is 5.22. The molecule has 0 aromatic heterocycles. The predicted octanol–water partition coefficient (Wildman–Crippen LogP) is 4.17. The van der Waals surface area contributed by atoms with Gasteiger partial charge in [-0.3, -0.25) is 4.79 Å². The molecule has 2 aliphatic heterocycles. The summed E-state index contributed by atoms with van der Waals surface area (Å²) in [6.07, 6.45) is -1.23. The zero-order valence-corrected chi connectivity index (χ0v) is 15.6. The van der Waals surface area contributed by atoms with Crippen molar-refractivity contribution < 1.29 is 27.4 Å². The summed E-state index contributed by atoms with van der Waals surface area (Å²) in [5, 5.41) is 3.24. The third-order valence-electron chi connectivity index (χ3n) is 4.94. The fraction of sp³-hybridized carbons (Fsp3) is 0.318. The largest absolute Gasteiger partial charge is 0.490 e. The molecule has 7 heteroatoms. The van der Waals surface area contributed by atoms with Gasteiger partial charge in [-0.2, -0.15) is 13.2 Å². The number of nitrogens with one attached hydrogen (secondary N) is 1. The summed E-state index contributed by atoms with van der Waals surface area (Å²) >= 11 is 0. The lowest BCUT2D eigenvalue weighted by molar-refractivity contribution is -0.137. The van der Waals surface area contributed by atoms with E-state index < -0.39 is 11.7 Å². The first-order valence-corrected chi connectivity index (χ1v) is 9.47. The molecule has 29 heavy (non-hydrogen) atoms. The molecule has 2 aromatic rings. The Labute approximate surface area is 166 Å². The van der Waals surface area contributed by atoms with E-state index in [0.717, 1.165) is 41.9 Å². The normalized spacial score (nSPS) is 17.3. The second-order valence-corrected chi connectivity index (χ2v) is 7.08. The zero-order chi connectivity index (χ0) is 20.4. The van der Waals surface area contributed by atoms with E-state index in [1.807, 2.05) is 12.1 Å². The van der Waals surface area contributed by atoms with Crippen molar-refractivity contribution in [1.82, 2.24) is 5.32 Å². The topological polar surface area (TPSA) is 47.6 Å². The monoisotopic (exact) mass is 403 g/mol. The quantitative estimate of drug-likeness (QED) is 0.782. The average molecular weight is 403 g/mol. The van der Waals surface area contributed by atoms with Gasteiger partial charge in [0.25, 0.3) is 0 Å². The molecule has 0 spiro atoms. The molecule has 0 saturated heterocycles. The van der Waals surface area contributed by atoms with E-state index in [1.54, 1.807) is 0 Å². The summed E-state index contributed by atoms with van der Waals surface area (Å²) in [6, 6.07) is 8.52. The van der Waals surface area contributed by atoms with Crippen LogP contribution in [0.25, 0.3) is 5.70 Å². The number of ketones is 1. The van der Waals surface area contributed by atoms with Gasteiger partial charge in [-0.15, -0.1) is 0 Å². The van der Waals surface area contributed by atoms with Crippen LogP contribution in [-0.2, 0) is 23.8 Å². The molecule has 0 amide bonds. The molecular weight excluding hydrogens is 383 g/mol. The lowest BCUT2D eigenvalue weighted by Crippen LogP contribution is -2.23. The molecule has 0 radical (unpaired) electrons. The van der Waals surface area contributed by atoms with Crippen LogP contribution < -0.4 is 14.8 Å². The van der Waals surface area contributed by atoms with Crippen molar-refractivity contribution in [3.8, 4) is 11.5 Å². The van der Waals surface area contributed by atoms with Gasteiger partial charge >= 0.3 is 6.18 Å². The number of rotatable bonds is 3. The maximum absolute atomic E-state index is 12.7. The van der Waals surface area contributed by atoms with Crippen LogP contribution in [0.15, 0.2) is 42.5 Å². The summed E-state index contributed by atoms with van der Waals surface area (Å²) < 4.78 is 49.5. The molecule has 0 unspecified atom stereocenters. The van der Waals surface area contributed by atoms with E-state index in [-0.39, 0.29) is 12.2 Å². The number of allylic oxidation sites excluding steroid dienone is 1. The van der Waals surface area contributed by atoms with Gasteiger partial charge in [-0.05, 0) is 41.8 Å². The van der Waals surface area contributed by atoms with Gasteiger partial charge < -0.3 is 14.8 Å². The second-order valence-electron chi connectivity index (χ2n) is 7.08. The summed E-state index contributed by atoms with van der Waals surface area (Å²) in [5.74, 6) is 1.19. The van der Waals surface area contributed by atoms with Crippen molar-refractivity contribution in [2.24, 2.45) is 0 Å². The van der Waals surface area contributed by atoms with E-state index in [0.29, 0.717) is 36.8 Å². The fourth-order valence-electron chi connectivity index (χ4n) is 3.49. The van der Waals surface area contributed by atoms with Crippen LogP contribution in [0.3, 0.4) is 0 Å². The maximum Gasteiger partial charge on any atom is 0.416 e. The molecule has 152 valence electrons. The second kappa shape index (κ2) is 7.81. The number of halogens is 3. The molecule has 2 heterocycles. The Balaban J connectivity index is 1.54. The molecule has 0 bridgehead atoms. The molecule has 4 rings (SSSR count). The van der Waals surface area contributed by atoms with Gasteiger partial charge in [-0.1, -0.05) is 12.1 Å². The minimum Gasteiger partial charge on any atom is -0.490 e. The van der Waals surface area contributed by atoms with E-state index >= 15 is 0 Å². The number of fused-ring (bicyclic) bond motifs is 2. The van der Waals surface area contributed by atoms with Crippen molar-refractivity contribution in [3.63, 3.8) is 0 Å². The van der Waals surface area contributed by atoms with Gasteiger partial charge in [-0.25, -0.2) is 0 Å². The third-order valence-corrected chi connectivity index (χ3v) is 4.94. The van der Waals surface area contributed by atoms with Crippen LogP contribution in [0, 0.1) is 0 Å². The van der Waals surface area contributed by atoms with Gasteiger partial charge in [0.2, 0.25) is 0 Å². The van der Waals surface area contributed by atoms with Crippen molar-refractivity contribution in [3.05, 3.63) is 64.7 Å². The van der Waals surface area contributed by atoms with Crippen LogP contribution in [0.2, 0.25) is 0 Å². The van der Waals surface area contributed by atoms with E-state index in [2.05, 4.69) is 5.32 Å². The molecule has 4 nitrogen and oxygen atoms in total. The number of benzene rings is 2. The Morgan fingerprint density at radius 2 is 1.76 bits per heavy atom. The standard InChI is InChI=1S/C22H20F3NO3/c23-22(24,25)16-4-2-14(3-5-16)10-17(27)12-19-18-13-21-20(28-8-1-9-29-21)11-15(18)6-7-26-19/h2-5,11-13,26H,1,6-10H2. The Morgan fingerprint density at radius 3 is 2.45 bits per heavy atom. The smallest absolute Gasteiger partial charge is 0.416 e. The van der Waals surface area contributed by atoms with Crippen LogP contribution in [-0.4, -0.2) is 25.5 Å². The third kappa shape index (κ3) is 4.39. The number of carbonyl (C=O) groups is 1. The lowest BCUT2D eigenvalue weighted by atomic mass is 9.95. The molecule has 0 saturated carbocycles. The van der Waals surface area contributed by atoms with Crippen molar-refractivity contribution >= 4 is 11.5 Å². The van der Waals surface area contributed by atoms with Crippen molar-refractivity contribution in [2.45, 2.75) is 25.4 Å². The Morgan fingerprint density at radius 1 is 1.07 bits per heavy atom. The SMILES string of the molecule is O=C(C=C1NCCc2cc3c(cc21)OCCCO3)Cc1ccc(C(F)(F)F)cc1. The number of alkyl halides is 3. The number of carbonyl (C=O) groups excluding carboxylic acids is 1. The summed E-state index contributed by atoms with van der Waals surface area (Å²) in [5.41, 5.74) is 2.47.